The summed E-state index contributed by atoms with van der Waals surface area (Å²) in [6, 6.07) is 16.8. The van der Waals surface area contributed by atoms with E-state index in [0.29, 0.717) is 0 Å². The van der Waals surface area contributed by atoms with Crippen LogP contribution >= 0.6 is 0 Å². The molecule has 0 aliphatic heterocycles. The summed E-state index contributed by atoms with van der Waals surface area (Å²) in [7, 11) is 0. The highest BCUT2D eigenvalue weighted by molar-refractivity contribution is 5.31. The van der Waals surface area contributed by atoms with Crippen molar-refractivity contribution in [2.24, 2.45) is 0 Å². The molecule has 0 bridgehead atoms. The minimum atomic E-state index is -0.0344. The molecule has 2 N–H and O–H groups in total. The summed E-state index contributed by atoms with van der Waals surface area (Å²) >= 11 is 0. The standard InChI is InChI=1S/C18H23NO/c1-13-9-10-17(11-14(13)2)15(3)19-18(12-20)16-7-5-4-6-8-16/h4-11,15,18-20H,12H2,1-3H3/t15?,18-/m1/s1. The van der Waals surface area contributed by atoms with E-state index in [1.807, 2.05) is 30.3 Å². The molecule has 2 rings (SSSR count). The fourth-order valence-electron chi connectivity index (χ4n) is 2.37. The minimum absolute atomic E-state index is 0.0344. The zero-order valence-corrected chi connectivity index (χ0v) is 12.4. The predicted octanol–water partition coefficient (Wildman–Crippen LogP) is 3.69. The normalized spacial score (nSPS) is 14.0. The smallest absolute Gasteiger partial charge is 0.0626 e. The van der Waals surface area contributed by atoms with Gasteiger partial charge in [-0.25, -0.2) is 0 Å². The third-order valence-corrected chi connectivity index (χ3v) is 3.87. The van der Waals surface area contributed by atoms with Crippen molar-refractivity contribution in [2.45, 2.75) is 32.9 Å². The highest BCUT2D eigenvalue weighted by atomic mass is 16.3. The summed E-state index contributed by atoms with van der Waals surface area (Å²) in [6.07, 6.45) is 0. The van der Waals surface area contributed by atoms with Crippen LogP contribution in [0.1, 0.15) is 41.3 Å². The summed E-state index contributed by atoms with van der Waals surface area (Å²) in [5.74, 6) is 0. The van der Waals surface area contributed by atoms with Gasteiger partial charge in [-0.3, -0.25) is 0 Å². The maximum Gasteiger partial charge on any atom is 0.0626 e. The van der Waals surface area contributed by atoms with Crippen LogP contribution in [-0.2, 0) is 0 Å². The molecule has 0 amide bonds. The largest absolute Gasteiger partial charge is 0.394 e. The molecule has 106 valence electrons. The molecule has 0 heterocycles. The van der Waals surface area contributed by atoms with Gasteiger partial charge in [-0.05, 0) is 43.0 Å². The predicted molar refractivity (Wildman–Crippen MR) is 83.7 cm³/mol. The van der Waals surface area contributed by atoms with Crippen molar-refractivity contribution in [1.29, 1.82) is 0 Å². The van der Waals surface area contributed by atoms with Gasteiger partial charge >= 0.3 is 0 Å². The maximum absolute atomic E-state index is 9.61. The lowest BCUT2D eigenvalue weighted by Gasteiger charge is -2.23. The molecule has 20 heavy (non-hydrogen) atoms. The second-order valence-electron chi connectivity index (χ2n) is 5.38. The van der Waals surface area contributed by atoms with Gasteiger partial charge in [0, 0.05) is 6.04 Å². The van der Waals surface area contributed by atoms with Gasteiger partial charge in [-0.1, -0.05) is 48.5 Å². The average Bonchev–Trinajstić information content (AvgIpc) is 2.48. The Morgan fingerprint density at radius 3 is 2.25 bits per heavy atom. The van der Waals surface area contributed by atoms with Crippen molar-refractivity contribution in [3.05, 3.63) is 70.8 Å². The fraction of sp³-hybridized carbons (Fsp3) is 0.333. The highest BCUT2D eigenvalue weighted by Gasteiger charge is 2.14. The van der Waals surface area contributed by atoms with E-state index in [-0.39, 0.29) is 18.7 Å². The molecule has 0 saturated carbocycles. The summed E-state index contributed by atoms with van der Waals surface area (Å²) in [6.45, 7) is 6.49. The lowest BCUT2D eigenvalue weighted by Crippen LogP contribution is -2.27. The molecule has 2 atom stereocenters. The number of nitrogens with one attached hydrogen (secondary N) is 1. The summed E-state index contributed by atoms with van der Waals surface area (Å²) in [5, 5.41) is 13.1. The first kappa shape index (κ1) is 14.8. The van der Waals surface area contributed by atoms with Gasteiger partial charge in [0.25, 0.3) is 0 Å². The van der Waals surface area contributed by atoms with E-state index in [4.69, 9.17) is 0 Å². The van der Waals surface area contributed by atoms with Gasteiger partial charge in [0.05, 0.1) is 12.6 Å². The molecule has 0 fully saturated rings. The Bertz CT molecular complexity index is 551. The first-order valence-corrected chi connectivity index (χ1v) is 7.11. The van der Waals surface area contributed by atoms with Crippen molar-refractivity contribution in [1.82, 2.24) is 5.32 Å². The summed E-state index contributed by atoms with van der Waals surface area (Å²) in [4.78, 5) is 0. The van der Waals surface area contributed by atoms with E-state index in [0.717, 1.165) is 5.56 Å². The Balaban J connectivity index is 2.13. The number of hydrogen-bond donors (Lipinski definition) is 2. The van der Waals surface area contributed by atoms with Gasteiger partial charge in [0.1, 0.15) is 0 Å². The number of aryl methyl sites for hydroxylation is 2. The van der Waals surface area contributed by atoms with Gasteiger partial charge in [0.2, 0.25) is 0 Å². The van der Waals surface area contributed by atoms with Crippen LogP contribution in [0.3, 0.4) is 0 Å². The molecule has 2 aromatic rings. The molecule has 1 unspecified atom stereocenters. The minimum Gasteiger partial charge on any atom is -0.394 e. The topological polar surface area (TPSA) is 32.3 Å². The molecule has 0 aliphatic carbocycles. The molecule has 2 heteroatoms. The quantitative estimate of drug-likeness (QED) is 0.867. The van der Waals surface area contributed by atoms with Gasteiger partial charge < -0.3 is 10.4 Å². The molecular weight excluding hydrogens is 246 g/mol. The molecule has 2 aromatic carbocycles. The first-order chi connectivity index (χ1) is 9.61. The van der Waals surface area contributed by atoms with Crippen LogP contribution in [0, 0.1) is 13.8 Å². The van der Waals surface area contributed by atoms with Crippen LogP contribution in [0.2, 0.25) is 0 Å². The van der Waals surface area contributed by atoms with Crippen LogP contribution in [0.5, 0.6) is 0 Å². The Morgan fingerprint density at radius 1 is 0.950 bits per heavy atom. The van der Waals surface area contributed by atoms with E-state index in [2.05, 4.69) is 44.3 Å². The number of benzene rings is 2. The van der Waals surface area contributed by atoms with E-state index in [9.17, 15) is 5.11 Å². The van der Waals surface area contributed by atoms with Gasteiger partial charge in [0.15, 0.2) is 0 Å². The van der Waals surface area contributed by atoms with Crippen LogP contribution in [0.4, 0.5) is 0 Å². The Kier molecular flexibility index (Phi) is 4.94. The number of aliphatic hydroxyl groups excluding tert-OH is 1. The Labute approximate surface area is 121 Å². The lowest BCUT2D eigenvalue weighted by atomic mass is 10.00. The molecule has 0 saturated heterocycles. The highest BCUT2D eigenvalue weighted by Crippen LogP contribution is 2.21. The SMILES string of the molecule is Cc1ccc(C(C)N[C@H](CO)c2ccccc2)cc1C. The van der Waals surface area contributed by atoms with Gasteiger partial charge in [-0.15, -0.1) is 0 Å². The fourth-order valence-corrected chi connectivity index (χ4v) is 2.37. The van der Waals surface area contributed by atoms with Crippen molar-refractivity contribution >= 4 is 0 Å². The Hall–Kier alpha value is -1.64. The van der Waals surface area contributed by atoms with Crippen LogP contribution in [0.25, 0.3) is 0 Å². The maximum atomic E-state index is 9.61. The number of rotatable bonds is 5. The monoisotopic (exact) mass is 269 g/mol. The zero-order chi connectivity index (χ0) is 14.5. The van der Waals surface area contributed by atoms with Crippen molar-refractivity contribution in [2.75, 3.05) is 6.61 Å². The van der Waals surface area contributed by atoms with Crippen LogP contribution in [0.15, 0.2) is 48.5 Å². The van der Waals surface area contributed by atoms with E-state index in [1.165, 1.54) is 16.7 Å². The molecular formula is C18H23NO. The van der Waals surface area contributed by atoms with E-state index >= 15 is 0 Å². The average molecular weight is 269 g/mol. The van der Waals surface area contributed by atoms with E-state index < -0.39 is 0 Å². The molecule has 0 spiro atoms. The third kappa shape index (κ3) is 3.47. The van der Waals surface area contributed by atoms with Crippen molar-refractivity contribution in [3.63, 3.8) is 0 Å². The zero-order valence-electron chi connectivity index (χ0n) is 12.4. The van der Waals surface area contributed by atoms with Crippen LogP contribution in [-0.4, -0.2) is 11.7 Å². The van der Waals surface area contributed by atoms with E-state index in [1.54, 1.807) is 0 Å². The molecule has 2 nitrogen and oxygen atoms in total. The molecule has 0 aromatic heterocycles. The number of aliphatic hydroxyl groups is 1. The first-order valence-electron chi connectivity index (χ1n) is 7.11. The van der Waals surface area contributed by atoms with Crippen LogP contribution < -0.4 is 5.32 Å². The molecule has 0 radical (unpaired) electrons. The number of hydrogen-bond acceptors (Lipinski definition) is 2. The Morgan fingerprint density at radius 2 is 1.65 bits per heavy atom. The summed E-state index contributed by atoms with van der Waals surface area (Å²) < 4.78 is 0. The van der Waals surface area contributed by atoms with Gasteiger partial charge in [-0.2, -0.15) is 0 Å². The molecule has 0 aliphatic rings. The second-order valence-corrected chi connectivity index (χ2v) is 5.38. The van der Waals surface area contributed by atoms with Crippen molar-refractivity contribution < 1.29 is 5.11 Å². The van der Waals surface area contributed by atoms with Crippen molar-refractivity contribution in [3.8, 4) is 0 Å². The lowest BCUT2D eigenvalue weighted by molar-refractivity contribution is 0.235. The third-order valence-electron chi connectivity index (χ3n) is 3.87. The summed E-state index contributed by atoms with van der Waals surface area (Å²) in [5.41, 5.74) is 4.98. The second kappa shape index (κ2) is 6.69.